The zero-order valence-corrected chi connectivity index (χ0v) is 20.9. The first kappa shape index (κ1) is 22.7. The number of carbonyl (C=O) groups is 2. The number of nitrogens with zero attached hydrogens (tertiary/aromatic N) is 6. The summed E-state index contributed by atoms with van der Waals surface area (Å²) in [6.07, 6.45) is 11.8. The molecule has 0 spiro atoms. The maximum Gasteiger partial charge on any atom is 0.246 e. The van der Waals surface area contributed by atoms with E-state index in [1.807, 2.05) is 29.2 Å². The molecule has 5 heterocycles. The highest BCUT2D eigenvalue weighted by molar-refractivity contribution is 6.11. The number of hydrogen-bond donors (Lipinski definition) is 1. The summed E-state index contributed by atoms with van der Waals surface area (Å²) in [7, 11) is 0. The van der Waals surface area contributed by atoms with Gasteiger partial charge in [-0.2, -0.15) is 5.10 Å². The smallest absolute Gasteiger partial charge is 0.246 e. The highest BCUT2D eigenvalue weighted by Gasteiger charge is 2.35. The first-order valence-corrected chi connectivity index (χ1v) is 13.1. The molecular formula is C29H27N7O2. The number of rotatable bonds is 5. The first-order chi connectivity index (χ1) is 18.5. The van der Waals surface area contributed by atoms with Crippen LogP contribution < -0.4 is 5.73 Å². The van der Waals surface area contributed by atoms with Crippen molar-refractivity contribution in [2.45, 2.75) is 44.1 Å². The van der Waals surface area contributed by atoms with E-state index in [1.54, 1.807) is 11.1 Å². The number of anilines is 1. The van der Waals surface area contributed by atoms with E-state index in [9.17, 15) is 9.59 Å². The van der Waals surface area contributed by atoms with Gasteiger partial charge in [0.2, 0.25) is 5.91 Å². The van der Waals surface area contributed by atoms with E-state index in [0.29, 0.717) is 47.6 Å². The third-order valence-electron chi connectivity index (χ3n) is 7.83. The quantitative estimate of drug-likeness (QED) is 0.253. The number of ketones is 1. The van der Waals surface area contributed by atoms with Crippen molar-refractivity contribution in [3.05, 3.63) is 65.9 Å². The SMILES string of the molecule is C=CC(=O)N1CC[C@H](n2nc(C#Cc3ccn4c(C5CC5)cnc4c3)c3c(N)ncc(C(=O)C4CC4)c32)C1. The lowest BCUT2D eigenvalue weighted by molar-refractivity contribution is -0.125. The summed E-state index contributed by atoms with van der Waals surface area (Å²) in [6, 6.07) is 3.84. The standard InChI is InChI=1S/C29H27N7O2/c1-2-25(37)34-11-10-20(16-34)36-27-21(28(38)19-6-7-19)14-32-29(30)26(27)22(33-36)8-3-17-9-12-35-23(18-4-5-18)15-31-24(35)13-17/h2,9,12-15,18-20H,1,4-7,10-11,16H2,(H2,30,32)/t20-/m0/s1. The lowest BCUT2D eigenvalue weighted by atomic mass is 10.0. The molecule has 0 unspecified atom stereocenters. The molecule has 2 saturated carbocycles. The molecule has 0 radical (unpaired) electrons. The van der Waals surface area contributed by atoms with Gasteiger partial charge in [0.05, 0.1) is 22.5 Å². The maximum absolute atomic E-state index is 13.2. The van der Waals surface area contributed by atoms with E-state index in [0.717, 1.165) is 24.1 Å². The van der Waals surface area contributed by atoms with Crippen molar-refractivity contribution in [3.63, 3.8) is 0 Å². The number of likely N-dealkylation sites (tertiary alicyclic amines) is 1. The van der Waals surface area contributed by atoms with Crippen molar-refractivity contribution in [1.82, 2.24) is 29.0 Å². The average Bonchev–Trinajstić information content (AvgIpc) is 3.83. The fourth-order valence-corrected chi connectivity index (χ4v) is 5.45. The highest BCUT2D eigenvalue weighted by Crippen LogP contribution is 2.40. The number of fused-ring (bicyclic) bond motifs is 2. The second kappa shape index (κ2) is 8.55. The van der Waals surface area contributed by atoms with Crippen LogP contribution in [0.15, 0.2) is 43.4 Å². The Labute approximate surface area is 219 Å². The van der Waals surface area contributed by atoms with Gasteiger partial charge in [0.15, 0.2) is 5.78 Å². The molecule has 2 aliphatic carbocycles. The summed E-state index contributed by atoms with van der Waals surface area (Å²) in [5.41, 5.74) is 11.0. The molecule has 1 amide bonds. The molecule has 0 aromatic carbocycles. The van der Waals surface area contributed by atoms with Crippen LogP contribution in [0.2, 0.25) is 0 Å². The van der Waals surface area contributed by atoms with Gasteiger partial charge in [-0.05, 0) is 56.2 Å². The number of aromatic nitrogens is 5. The molecule has 3 aliphatic rings. The van der Waals surface area contributed by atoms with Crippen LogP contribution in [0.1, 0.15) is 71.4 Å². The van der Waals surface area contributed by atoms with Crippen LogP contribution in [0.5, 0.6) is 0 Å². The monoisotopic (exact) mass is 505 g/mol. The molecule has 1 atom stereocenters. The summed E-state index contributed by atoms with van der Waals surface area (Å²) in [6.45, 7) is 4.68. The van der Waals surface area contributed by atoms with Crippen LogP contribution in [-0.4, -0.2) is 53.8 Å². The predicted molar refractivity (Wildman–Crippen MR) is 143 cm³/mol. The predicted octanol–water partition coefficient (Wildman–Crippen LogP) is 3.49. The van der Waals surface area contributed by atoms with Crippen LogP contribution in [0.25, 0.3) is 16.6 Å². The minimum Gasteiger partial charge on any atom is -0.383 e. The molecule has 1 aliphatic heterocycles. The van der Waals surface area contributed by atoms with E-state index in [-0.39, 0.29) is 29.5 Å². The summed E-state index contributed by atoms with van der Waals surface area (Å²) < 4.78 is 3.98. The largest absolute Gasteiger partial charge is 0.383 e. The number of imidazole rings is 1. The number of amides is 1. The minimum atomic E-state index is -0.112. The molecule has 9 nitrogen and oxygen atoms in total. The van der Waals surface area contributed by atoms with Gasteiger partial charge in [-0.25, -0.2) is 9.97 Å². The molecule has 0 bridgehead atoms. The van der Waals surface area contributed by atoms with Gasteiger partial charge in [-0.15, -0.1) is 0 Å². The molecule has 9 heteroatoms. The zero-order valence-electron chi connectivity index (χ0n) is 20.9. The van der Waals surface area contributed by atoms with E-state index >= 15 is 0 Å². The van der Waals surface area contributed by atoms with E-state index in [2.05, 4.69) is 32.8 Å². The molecule has 4 aromatic heterocycles. The van der Waals surface area contributed by atoms with Crippen molar-refractivity contribution in [1.29, 1.82) is 0 Å². The average molecular weight is 506 g/mol. The lowest BCUT2D eigenvalue weighted by Crippen LogP contribution is -2.27. The van der Waals surface area contributed by atoms with Crippen molar-refractivity contribution < 1.29 is 9.59 Å². The Morgan fingerprint density at radius 2 is 1.95 bits per heavy atom. The maximum atomic E-state index is 13.2. The van der Waals surface area contributed by atoms with E-state index in [4.69, 9.17) is 10.8 Å². The molecule has 2 N–H and O–H groups in total. The Bertz CT molecular complexity index is 1710. The molecule has 3 fully saturated rings. The number of hydrogen-bond acceptors (Lipinski definition) is 6. The summed E-state index contributed by atoms with van der Waals surface area (Å²) in [5, 5.41) is 5.47. The van der Waals surface area contributed by atoms with Crippen LogP contribution in [0.3, 0.4) is 0 Å². The highest BCUT2D eigenvalue weighted by atomic mass is 16.2. The second-order valence-electron chi connectivity index (χ2n) is 10.5. The lowest BCUT2D eigenvalue weighted by Gasteiger charge is -2.16. The number of Topliss-reactive ketones (excluding diaryl/α,β-unsaturated/α-hetero) is 1. The third kappa shape index (κ3) is 3.76. The topological polar surface area (TPSA) is 111 Å². The Morgan fingerprint density at radius 1 is 1.11 bits per heavy atom. The molecule has 1 saturated heterocycles. The van der Waals surface area contributed by atoms with Crippen molar-refractivity contribution in [2.24, 2.45) is 5.92 Å². The molecule has 4 aromatic rings. The molecule has 38 heavy (non-hydrogen) atoms. The molecular weight excluding hydrogens is 478 g/mol. The Morgan fingerprint density at radius 3 is 2.71 bits per heavy atom. The van der Waals surface area contributed by atoms with Gasteiger partial charge in [-0.3, -0.25) is 14.3 Å². The van der Waals surface area contributed by atoms with E-state index < -0.39 is 0 Å². The van der Waals surface area contributed by atoms with Crippen LogP contribution >= 0.6 is 0 Å². The summed E-state index contributed by atoms with van der Waals surface area (Å²) in [5.74, 6) is 7.30. The minimum absolute atomic E-state index is 0.0192. The second-order valence-corrected chi connectivity index (χ2v) is 10.5. The first-order valence-electron chi connectivity index (χ1n) is 13.1. The number of nitrogen functional groups attached to an aromatic ring is 1. The van der Waals surface area contributed by atoms with Crippen molar-refractivity contribution in [3.8, 4) is 11.8 Å². The zero-order chi connectivity index (χ0) is 26.0. The van der Waals surface area contributed by atoms with Crippen molar-refractivity contribution in [2.75, 3.05) is 18.8 Å². The van der Waals surface area contributed by atoms with Crippen LogP contribution in [0, 0.1) is 17.8 Å². The molecule has 7 rings (SSSR count). The Hall–Kier alpha value is -4.45. The summed E-state index contributed by atoms with van der Waals surface area (Å²) >= 11 is 0. The Kier molecular flexibility index (Phi) is 5.11. The van der Waals surface area contributed by atoms with Crippen LogP contribution in [-0.2, 0) is 4.79 Å². The fraction of sp³-hybridized carbons (Fsp3) is 0.345. The Balaban J connectivity index is 1.32. The normalized spacial score (nSPS) is 19.1. The van der Waals surface area contributed by atoms with Gasteiger partial charge < -0.3 is 15.0 Å². The number of pyridine rings is 2. The van der Waals surface area contributed by atoms with Gasteiger partial charge >= 0.3 is 0 Å². The van der Waals surface area contributed by atoms with E-state index in [1.165, 1.54) is 24.6 Å². The fourth-order valence-electron chi connectivity index (χ4n) is 5.45. The third-order valence-corrected chi connectivity index (χ3v) is 7.83. The van der Waals surface area contributed by atoms with Gasteiger partial charge in [-0.1, -0.05) is 12.5 Å². The molecule has 190 valence electrons. The van der Waals surface area contributed by atoms with Gasteiger partial charge in [0, 0.05) is 54.8 Å². The van der Waals surface area contributed by atoms with Gasteiger partial charge in [0.25, 0.3) is 0 Å². The number of nitrogens with two attached hydrogens (primary N) is 1. The van der Waals surface area contributed by atoms with Crippen LogP contribution in [0.4, 0.5) is 5.82 Å². The van der Waals surface area contributed by atoms with Gasteiger partial charge in [0.1, 0.15) is 17.2 Å². The van der Waals surface area contributed by atoms with Crippen molar-refractivity contribution >= 4 is 34.1 Å². The number of carbonyl (C=O) groups excluding carboxylic acids is 2. The summed E-state index contributed by atoms with van der Waals surface area (Å²) in [4.78, 5) is 36.2.